The topological polar surface area (TPSA) is 55.5 Å². The third kappa shape index (κ3) is 1.93. The van der Waals surface area contributed by atoms with Crippen LogP contribution in [0.25, 0.3) is 0 Å². The number of hydrogen-bond acceptors (Lipinski definition) is 3. The molecule has 0 aromatic carbocycles. The second-order valence-electron chi connectivity index (χ2n) is 3.45. The van der Waals surface area contributed by atoms with Gasteiger partial charge in [0.1, 0.15) is 0 Å². The van der Waals surface area contributed by atoms with Crippen LogP contribution in [0.1, 0.15) is 27.7 Å². The highest BCUT2D eigenvalue weighted by Gasteiger charge is 2.34. The van der Waals surface area contributed by atoms with Crippen molar-refractivity contribution in [3.05, 3.63) is 0 Å². The van der Waals surface area contributed by atoms with Crippen LogP contribution in [0.5, 0.6) is 0 Å². The standard InChI is InChI=1S/C6H15NO2/c1-5(2,3)6(4,7)9-8/h8H,7H2,1-4H3. The summed E-state index contributed by atoms with van der Waals surface area (Å²) in [6.45, 7) is 7.31. The Balaban J connectivity index is 4.14. The van der Waals surface area contributed by atoms with Crippen LogP contribution in [-0.4, -0.2) is 11.0 Å². The molecule has 56 valence electrons. The van der Waals surface area contributed by atoms with Crippen molar-refractivity contribution >= 4 is 0 Å². The summed E-state index contributed by atoms with van der Waals surface area (Å²) in [6, 6.07) is 0. The second kappa shape index (κ2) is 2.25. The molecule has 0 aliphatic carbocycles. The van der Waals surface area contributed by atoms with E-state index in [4.69, 9.17) is 11.0 Å². The predicted molar refractivity (Wildman–Crippen MR) is 35.8 cm³/mol. The molecule has 0 aliphatic rings. The molecule has 0 saturated carbocycles. The summed E-state index contributed by atoms with van der Waals surface area (Å²) in [5, 5.41) is 8.30. The molecule has 0 aliphatic heterocycles. The van der Waals surface area contributed by atoms with Crippen LogP contribution in [0.4, 0.5) is 0 Å². The molecular formula is C6H15NO2. The smallest absolute Gasteiger partial charge is 0.153 e. The molecule has 1 atom stereocenters. The van der Waals surface area contributed by atoms with E-state index in [0.29, 0.717) is 0 Å². The zero-order valence-corrected chi connectivity index (χ0v) is 6.43. The molecule has 0 spiro atoms. The molecule has 0 heterocycles. The van der Waals surface area contributed by atoms with Gasteiger partial charge in [0.2, 0.25) is 0 Å². The van der Waals surface area contributed by atoms with Gasteiger partial charge in [0.05, 0.1) is 0 Å². The van der Waals surface area contributed by atoms with Crippen LogP contribution in [0, 0.1) is 5.41 Å². The largest absolute Gasteiger partial charge is 0.301 e. The van der Waals surface area contributed by atoms with Gasteiger partial charge in [-0.3, -0.25) is 0 Å². The van der Waals surface area contributed by atoms with Gasteiger partial charge in [0.25, 0.3) is 0 Å². The van der Waals surface area contributed by atoms with Gasteiger partial charge in [0.15, 0.2) is 5.72 Å². The Labute approximate surface area is 55.7 Å². The molecular weight excluding hydrogens is 118 g/mol. The minimum Gasteiger partial charge on any atom is -0.301 e. The number of hydrogen-bond donors (Lipinski definition) is 2. The normalized spacial score (nSPS) is 19.3. The van der Waals surface area contributed by atoms with Crippen molar-refractivity contribution in [1.29, 1.82) is 0 Å². The average molecular weight is 133 g/mol. The van der Waals surface area contributed by atoms with Crippen molar-refractivity contribution in [2.24, 2.45) is 11.1 Å². The third-order valence-corrected chi connectivity index (χ3v) is 1.68. The average Bonchev–Trinajstić information content (AvgIpc) is 1.64. The third-order valence-electron chi connectivity index (χ3n) is 1.68. The molecule has 0 rings (SSSR count). The highest BCUT2D eigenvalue weighted by molar-refractivity contribution is 4.80. The molecule has 0 aromatic rings. The van der Waals surface area contributed by atoms with E-state index in [9.17, 15) is 0 Å². The first-order valence-electron chi connectivity index (χ1n) is 2.93. The van der Waals surface area contributed by atoms with Crippen LogP contribution in [0.3, 0.4) is 0 Å². The van der Waals surface area contributed by atoms with Gasteiger partial charge in [-0.25, -0.2) is 10.1 Å². The lowest BCUT2D eigenvalue weighted by Gasteiger charge is -2.34. The van der Waals surface area contributed by atoms with Crippen LogP contribution in [-0.2, 0) is 4.89 Å². The van der Waals surface area contributed by atoms with Gasteiger partial charge >= 0.3 is 0 Å². The van der Waals surface area contributed by atoms with Gasteiger partial charge in [0, 0.05) is 5.41 Å². The molecule has 9 heavy (non-hydrogen) atoms. The fourth-order valence-electron chi connectivity index (χ4n) is 0.137. The zero-order chi connectivity index (χ0) is 7.71. The molecule has 0 amide bonds. The molecule has 3 heteroatoms. The van der Waals surface area contributed by atoms with Crippen LogP contribution < -0.4 is 5.73 Å². The molecule has 0 radical (unpaired) electrons. The van der Waals surface area contributed by atoms with Crippen molar-refractivity contribution in [3.63, 3.8) is 0 Å². The first kappa shape index (κ1) is 8.88. The van der Waals surface area contributed by atoms with Gasteiger partial charge in [-0.2, -0.15) is 0 Å². The molecule has 0 aromatic heterocycles. The maximum atomic E-state index is 8.30. The van der Waals surface area contributed by atoms with Crippen LogP contribution in [0.2, 0.25) is 0 Å². The van der Waals surface area contributed by atoms with E-state index in [1.54, 1.807) is 6.92 Å². The Bertz CT molecular complexity index is 93.7. The maximum absolute atomic E-state index is 8.30. The van der Waals surface area contributed by atoms with E-state index < -0.39 is 5.72 Å². The summed E-state index contributed by atoms with van der Waals surface area (Å²) in [4.78, 5) is 4.08. The van der Waals surface area contributed by atoms with E-state index in [1.807, 2.05) is 20.8 Å². The Kier molecular flexibility index (Phi) is 2.22. The monoisotopic (exact) mass is 133 g/mol. The summed E-state index contributed by atoms with van der Waals surface area (Å²) in [5.74, 6) is 0. The van der Waals surface area contributed by atoms with E-state index in [0.717, 1.165) is 0 Å². The zero-order valence-electron chi connectivity index (χ0n) is 6.43. The van der Waals surface area contributed by atoms with Gasteiger partial charge < -0.3 is 5.73 Å². The lowest BCUT2D eigenvalue weighted by atomic mass is 9.85. The van der Waals surface area contributed by atoms with Crippen molar-refractivity contribution in [2.75, 3.05) is 0 Å². The van der Waals surface area contributed by atoms with Crippen molar-refractivity contribution in [2.45, 2.75) is 33.4 Å². The Morgan fingerprint density at radius 1 is 1.22 bits per heavy atom. The summed E-state index contributed by atoms with van der Waals surface area (Å²) in [6.07, 6.45) is 0. The summed E-state index contributed by atoms with van der Waals surface area (Å²) in [5.41, 5.74) is 4.31. The Morgan fingerprint density at radius 3 is 1.56 bits per heavy atom. The fraction of sp³-hybridized carbons (Fsp3) is 1.00. The van der Waals surface area contributed by atoms with Crippen molar-refractivity contribution in [1.82, 2.24) is 0 Å². The van der Waals surface area contributed by atoms with Crippen molar-refractivity contribution in [3.8, 4) is 0 Å². The SMILES string of the molecule is CC(C)(C)C(C)(N)OO. The van der Waals surface area contributed by atoms with E-state index in [2.05, 4.69) is 4.89 Å². The Hall–Kier alpha value is -0.120. The molecule has 3 N–H and O–H groups in total. The lowest BCUT2D eigenvalue weighted by molar-refractivity contribution is -0.341. The first-order chi connectivity index (χ1) is 3.81. The maximum Gasteiger partial charge on any atom is 0.153 e. The highest BCUT2D eigenvalue weighted by Crippen LogP contribution is 2.27. The Morgan fingerprint density at radius 2 is 1.56 bits per heavy atom. The number of nitrogens with two attached hydrogens (primary N) is 1. The number of rotatable bonds is 1. The van der Waals surface area contributed by atoms with Gasteiger partial charge in [-0.05, 0) is 6.92 Å². The molecule has 0 bridgehead atoms. The minimum atomic E-state index is -0.965. The second-order valence-corrected chi connectivity index (χ2v) is 3.45. The van der Waals surface area contributed by atoms with Crippen LogP contribution in [0.15, 0.2) is 0 Å². The van der Waals surface area contributed by atoms with Crippen LogP contribution >= 0.6 is 0 Å². The van der Waals surface area contributed by atoms with E-state index in [-0.39, 0.29) is 5.41 Å². The first-order valence-corrected chi connectivity index (χ1v) is 2.93. The van der Waals surface area contributed by atoms with Gasteiger partial charge in [-0.1, -0.05) is 20.8 Å². The summed E-state index contributed by atoms with van der Waals surface area (Å²) in [7, 11) is 0. The fourth-order valence-corrected chi connectivity index (χ4v) is 0.137. The molecule has 3 nitrogen and oxygen atoms in total. The summed E-state index contributed by atoms with van der Waals surface area (Å²) < 4.78 is 0. The quantitative estimate of drug-likeness (QED) is 0.321. The van der Waals surface area contributed by atoms with E-state index >= 15 is 0 Å². The van der Waals surface area contributed by atoms with Crippen molar-refractivity contribution < 1.29 is 10.1 Å². The predicted octanol–water partition coefficient (Wildman–Crippen LogP) is 1.20. The minimum absolute atomic E-state index is 0.248. The van der Waals surface area contributed by atoms with Gasteiger partial charge in [-0.15, -0.1) is 0 Å². The summed E-state index contributed by atoms with van der Waals surface area (Å²) >= 11 is 0. The highest BCUT2D eigenvalue weighted by atomic mass is 17.1. The molecule has 0 fully saturated rings. The van der Waals surface area contributed by atoms with E-state index in [1.165, 1.54) is 0 Å². The molecule has 1 unspecified atom stereocenters. The lowest BCUT2D eigenvalue weighted by Crippen LogP contribution is -2.50. The molecule has 0 saturated heterocycles.